The first-order chi connectivity index (χ1) is 10.2. The van der Waals surface area contributed by atoms with Gasteiger partial charge in [0.1, 0.15) is 5.69 Å². The Hall–Kier alpha value is -2.83. The van der Waals surface area contributed by atoms with Crippen LogP contribution in [-0.4, -0.2) is 24.1 Å². The second kappa shape index (κ2) is 6.56. The molecular formula is C14H15N3O4. The molecule has 1 N–H and O–H groups in total. The lowest BCUT2D eigenvalue weighted by Crippen LogP contribution is -2.04. The van der Waals surface area contributed by atoms with Crippen LogP contribution < -0.4 is 14.8 Å². The first-order valence-corrected chi connectivity index (χ1v) is 6.20. The molecule has 0 fully saturated rings. The molecule has 0 spiro atoms. The van der Waals surface area contributed by atoms with Crippen molar-refractivity contribution in [2.75, 3.05) is 19.5 Å². The number of nitrogens with zero attached hydrogens (tertiary/aromatic N) is 2. The van der Waals surface area contributed by atoms with Gasteiger partial charge in [-0.15, -0.1) is 0 Å². The summed E-state index contributed by atoms with van der Waals surface area (Å²) in [6, 6.07) is 8.46. The van der Waals surface area contributed by atoms with Gasteiger partial charge in [-0.25, -0.2) is 4.98 Å². The van der Waals surface area contributed by atoms with Gasteiger partial charge in [-0.2, -0.15) is 0 Å². The van der Waals surface area contributed by atoms with Crippen molar-refractivity contribution in [1.82, 2.24) is 4.98 Å². The maximum Gasteiger partial charge on any atom is 0.333 e. The van der Waals surface area contributed by atoms with Crippen molar-refractivity contribution < 1.29 is 14.4 Å². The lowest BCUT2D eigenvalue weighted by atomic mass is 10.2. The van der Waals surface area contributed by atoms with E-state index in [0.717, 1.165) is 5.56 Å². The Balaban J connectivity index is 2.21. The third-order valence-corrected chi connectivity index (χ3v) is 2.89. The minimum absolute atomic E-state index is 0.0824. The summed E-state index contributed by atoms with van der Waals surface area (Å²) in [6.07, 6.45) is 1.62. The van der Waals surface area contributed by atoms with Crippen LogP contribution in [0.2, 0.25) is 0 Å². The van der Waals surface area contributed by atoms with Gasteiger partial charge >= 0.3 is 5.69 Å². The molecule has 7 nitrogen and oxygen atoms in total. The number of pyridine rings is 1. The van der Waals surface area contributed by atoms with Crippen molar-refractivity contribution in [3.05, 3.63) is 52.2 Å². The number of hydrogen-bond acceptors (Lipinski definition) is 6. The minimum Gasteiger partial charge on any atom is -0.490 e. The third kappa shape index (κ3) is 3.38. The molecule has 0 radical (unpaired) electrons. The molecule has 0 aliphatic rings. The number of nitro groups is 1. The smallest absolute Gasteiger partial charge is 0.333 e. The molecule has 0 saturated heterocycles. The lowest BCUT2D eigenvalue weighted by Gasteiger charge is -2.10. The number of benzene rings is 1. The second-order valence-corrected chi connectivity index (χ2v) is 4.17. The van der Waals surface area contributed by atoms with Gasteiger partial charge in [-0.3, -0.25) is 10.1 Å². The Morgan fingerprint density at radius 2 is 2.10 bits per heavy atom. The quantitative estimate of drug-likeness (QED) is 0.649. The van der Waals surface area contributed by atoms with Crippen molar-refractivity contribution in [3.8, 4) is 11.6 Å². The fourth-order valence-corrected chi connectivity index (χ4v) is 1.89. The summed E-state index contributed by atoms with van der Waals surface area (Å²) in [6.45, 7) is 0.410. The number of nitro benzene ring substituents is 1. The Bertz CT molecular complexity index is 646. The molecule has 0 saturated carbocycles. The molecule has 21 heavy (non-hydrogen) atoms. The van der Waals surface area contributed by atoms with E-state index in [-0.39, 0.29) is 11.4 Å². The molecule has 0 bridgehead atoms. The number of hydrogen-bond donors (Lipinski definition) is 1. The molecule has 2 rings (SSSR count). The summed E-state index contributed by atoms with van der Waals surface area (Å²) in [5, 5.41) is 14.2. The zero-order valence-corrected chi connectivity index (χ0v) is 11.7. The predicted octanol–water partition coefficient (Wildman–Crippen LogP) is 2.62. The van der Waals surface area contributed by atoms with E-state index in [4.69, 9.17) is 9.47 Å². The normalized spacial score (nSPS) is 10.0. The highest BCUT2D eigenvalue weighted by atomic mass is 16.6. The van der Waals surface area contributed by atoms with Gasteiger partial charge in [0.15, 0.2) is 5.75 Å². The first-order valence-electron chi connectivity index (χ1n) is 6.20. The monoisotopic (exact) mass is 289 g/mol. The van der Waals surface area contributed by atoms with E-state index < -0.39 is 4.92 Å². The summed E-state index contributed by atoms with van der Waals surface area (Å²) in [7, 11) is 2.94. The van der Waals surface area contributed by atoms with E-state index in [1.54, 1.807) is 30.5 Å². The van der Waals surface area contributed by atoms with Gasteiger partial charge in [-0.05, 0) is 23.8 Å². The highest BCUT2D eigenvalue weighted by Crippen LogP contribution is 2.34. The number of anilines is 1. The van der Waals surface area contributed by atoms with Gasteiger partial charge in [0.25, 0.3) is 0 Å². The molecule has 0 unspecified atom stereocenters. The van der Waals surface area contributed by atoms with Crippen LogP contribution in [0, 0.1) is 10.1 Å². The van der Waals surface area contributed by atoms with Gasteiger partial charge in [0, 0.05) is 18.8 Å². The minimum atomic E-state index is -0.464. The summed E-state index contributed by atoms with van der Waals surface area (Å²) < 4.78 is 10.1. The zero-order valence-electron chi connectivity index (χ0n) is 11.7. The van der Waals surface area contributed by atoms with E-state index in [2.05, 4.69) is 10.3 Å². The number of ether oxygens (including phenoxy) is 2. The topological polar surface area (TPSA) is 86.5 Å². The molecule has 0 aliphatic carbocycles. The molecule has 1 aromatic heterocycles. The number of aromatic nitrogens is 1. The Labute approximate surface area is 121 Å². The Kier molecular flexibility index (Phi) is 4.55. The molecule has 1 heterocycles. The molecular weight excluding hydrogens is 274 g/mol. The van der Waals surface area contributed by atoms with Crippen molar-refractivity contribution in [3.63, 3.8) is 0 Å². The van der Waals surface area contributed by atoms with Crippen molar-refractivity contribution in [2.45, 2.75) is 6.54 Å². The third-order valence-electron chi connectivity index (χ3n) is 2.89. The van der Waals surface area contributed by atoms with Crippen LogP contribution in [0.15, 0.2) is 36.5 Å². The Morgan fingerprint density at radius 3 is 2.76 bits per heavy atom. The van der Waals surface area contributed by atoms with Gasteiger partial charge in [0.2, 0.25) is 5.88 Å². The van der Waals surface area contributed by atoms with Crippen LogP contribution in [0.5, 0.6) is 11.6 Å². The fourth-order valence-electron chi connectivity index (χ4n) is 1.89. The van der Waals surface area contributed by atoms with Gasteiger partial charge in [0.05, 0.1) is 19.1 Å². The standard InChI is InChI=1S/C14H15N3O4/c1-20-12-5-3-4-11(14(12)17(18)19)16-9-10-6-7-15-13(8-10)21-2/h3-8,16H,9H2,1-2H3. The van der Waals surface area contributed by atoms with E-state index in [0.29, 0.717) is 18.1 Å². The number of para-hydroxylation sites is 1. The molecule has 0 atom stereocenters. The summed E-state index contributed by atoms with van der Waals surface area (Å²) >= 11 is 0. The van der Waals surface area contributed by atoms with Gasteiger partial charge < -0.3 is 14.8 Å². The molecule has 2 aromatic rings. The van der Waals surface area contributed by atoms with Crippen LogP contribution in [-0.2, 0) is 6.54 Å². The summed E-state index contributed by atoms with van der Waals surface area (Å²) in [5.74, 6) is 0.715. The van der Waals surface area contributed by atoms with Crippen molar-refractivity contribution in [2.24, 2.45) is 0 Å². The van der Waals surface area contributed by atoms with Crippen LogP contribution in [0.1, 0.15) is 5.56 Å². The summed E-state index contributed by atoms with van der Waals surface area (Å²) in [4.78, 5) is 14.7. The van der Waals surface area contributed by atoms with Gasteiger partial charge in [-0.1, -0.05) is 6.07 Å². The maximum absolute atomic E-state index is 11.2. The average molecular weight is 289 g/mol. The molecule has 7 heteroatoms. The SMILES string of the molecule is COc1cc(CNc2cccc(OC)c2[N+](=O)[O-])ccn1. The van der Waals surface area contributed by atoms with E-state index >= 15 is 0 Å². The first kappa shape index (κ1) is 14.6. The van der Waals surface area contributed by atoms with Crippen molar-refractivity contribution in [1.29, 1.82) is 0 Å². The molecule has 0 amide bonds. The van der Waals surface area contributed by atoms with Crippen LogP contribution in [0.25, 0.3) is 0 Å². The predicted molar refractivity (Wildman–Crippen MR) is 77.8 cm³/mol. The Morgan fingerprint density at radius 1 is 1.29 bits per heavy atom. The largest absolute Gasteiger partial charge is 0.490 e. The molecule has 110 valence electrons. The highest BCUT2D eigenvalue weighted by Gasteiger charge is 2.20. The number of methoxy groups -OCH3 is 2. The van der Waals surface area contributed by atoms with Crippen LogP contribution >= 0.6 is 0 Å². The molecule has 0 aliphatic heterocycles. The second-order valence-electron chi connectivity index (χ2n) is 4.17. The number of nitrogens with one attached hydrogen (secondary N) is 1. The van der Waals surface area contributed by atoms with E-state index in [1.165, 1.54) is 14.2 Å². The number of rotatable bonds is 6. The zero-order chi connectivity index (χ0) is 15.2. The van der Waals surface area contributed by atoms with Crippen LogP contribution in [0.3, 0.4) is 0 Å². The lowest BCUT2D eigenvalue weighted by molar-refractivity contribution is -0.384. The fraction of sp³-hybridized carbons (Fsp3) is 0.214. The van der Waals surface area contributed by atoms with E-state index in [9.17, 15) is 10.1 Å². The maximum atomic E-state index is 11.2. The highest BCUT2D eigenvalue weighted by molar-refractivity contribution is 5.68. The van der Waals surface area contributed by atoms with Crippen molar-refractivity contribution >= 4 is 11.4 Å². The molecule has 1 aromatic carbocycles. The van der Waals surface area contributed by atoms with E-state index in [1.807, 2.05) is 6.07 Å². The average Bonchev–Trinajstić information content (AvgIpc) is 2.52. The summed E-state index contributed by atoms with van der Waals surface area (Å²) in [5.41, 5.74) is 1.22. The van der Waals surface area contributed by atoms with Crippen LogP contribution in [0.4, 0.5) is 11.4 Å².